The number of hydrogen-bond donors (Lipinski definition) is 0. The molecule has 128 valence electrons. The van der Waals surface area contributed by atoms with E-state index in [9.17, 15) is 4.79 Å². The lowest BCUT2D eigenvalue weighted by atomic mass is 9.97. The third kappa shape index (κ3) is 3.72. The maximum absolute atomic E-state index is 12.3. The summed E-state index contributed by atoms with van der Waals surface area (Å²) in [6.07, 6.45) is 6.36. The normalized spacial score (nSPS) is 19.7. The standard InChI is InChI=1S/C17H23N5OS/c1-12-19-20-16(24-12)10-21-6-4-13(5-7-21)9-22-11-18-15(8-17(22)23)14-2-3-14/h8,11,13-14H,2-7,9-10H2,1H3. The fourth-order valence-electron chi connectivity index (χ4n) is 3.38. The first-order chi connectivity index (χ1) is 11.7. The molecule has 4 rings (SSSR count). The zero-order valence-corrected chi connectivity index (χ0v) is 14.8. The van der Waals surface area contributed by atoms with Crippen LogP contribution in [0.2, 0.25) is 0 Å². The van der Waals surface area contributed by atoms with Gasteiger partial charge in [-0.05, 0) is 51.6 Å². The van der Waals surface area contributed by atoms with Gasteiger partial charge in [-0.2, -0.15) is 0 Å². The third-order valence-corrected chi connectivity index (χ3v) is 5.81. The Bertz CT molecular complexity index is 758. The van der Waals surface area contributed by atoms with E-state index in [0.717, 1.165) is 54.7 Å². The summed E-state index contributed by atoms with van der Waals surface area (Å²) in [5.74, 6) is 1.10. The molecule has 6 nitrogen and oxygen atoms in total. The summed E-state index contributed by atoms with van der Waals surface area (Å²) in [4.78, 5) is 19.2. The van der Waals surface area contributed by atoms with E-state index in [0.29, 0.717) is 11.8 Å². The molecular weight excluding hydrogens is 322 g/mol. The highest BCUT2D eigenvalue weighted by Crippen LogP contribution is 2.38. The Labute approximate surface area is 145 Å². The fourth-order valence-corrected chi connectivity index (χ4v) is 4.13. The van der Waals surface area contributed by atoms with Crippen molar-refractivity contribution in [2.45, 2.75) is 51.6 Å². The third-order valence-electron chi connectivity index (χ3n) is 4.99. The van der Waals surface area contributed by atoms with E-state index in [1.54, 1.807) is 28.3 Å². The van der Waals surface area contributed by atoms with Gasteiger partial charge in [0, 0.05) is 18.5 Å². The quantitative estimate of drug-likeness (QED) is 0.831. The lowest BCUT2D eigenvalue weighted by Crippen LogP contribution is -2.36. The molecule has 0 unspecified atom stereocenters. The number of hydrogen-bond acceptors (Lipinski definition) is 6. The Hall–Kier alpha value is -1.60. The second-order valence-corrected chi connectivity index (χ2v) is 8.28. The maximum atomic E-state index is 12.3. The van der Waals surface area contributed by atoms with Gasteiger partial charge in [0.15, 0.2) is 0 Å². The predicted octanol–water partition coefficient (Wildman–Crippen LogP) is 2.19. The molecule has 0 radical (unpaired) electrons. The van der Waals surface area contributed by atoms with Crippen LogP contribution >= 0.6 is 11.3 Å². The van der Waals surface area contributed by atoms with Crippen molar-refractivity contribution in [1.82, 2.24) is 24.6 Å². The van der Waals surface area contributed by atoms with Gasteiger partial charge >= 0.3 is 0 Å². The second-order valence-electron chi connectivity index (χ2n) is 7.01. The summed E-state index contributed by atoms with van der Waals surface area (Å²) in [5.41, 5.74) is 1.09. The van der Waals surface area contributed by atoms with Gasteiger partial charge < -0.3 is 0 Å². The largest absolute Gasteiger partial charge is 0.299 e. The van der Waals surface area contributed by atoms with Crippen LogP contribution in [-0.2, 0) is 13.1 Å². The van der Waals surface area contributed by atoms with Crippen molar-refractivity contribution in [2.75, 3.05) is 13.1 Å². The van der Waals surface area contributed by atoms with Crippen LogP contribution in [0.5, 0.6) is 0 Å². The number of likely N-dealkylation sites (tertiary alicyclic amines) is 1. The highest BCUT2D eigenvalue weighted by molar-refractivity contribution is 7.11. The van der Waals surface area contributed by atoms with E-state index in [1.807, 2.05) is 6.92 Å². The molecule has 0 atom stereocenters. The molecule has 1 saturated carbocycles. The zero-order chi connectivity index (χ0) is 16.5. The molecule has 0 N–H and O–H groups in total. The second kappa shape index (κ2) is 6.72. The van der Waals surface area contributed by atoms with E-state index in [1.165, 1.54) is 12.8 Å². The maximum Gasteiger partial charge on any atom is 0.253 e. The van der Waals surface area contributed by atoms with Crippen LogP contribution in [0.4, 0.5) is 0 Å². The van der Waals surface area contributed by atoms with Crippen molar-refractivity contribution in [2.24, 2.45) is 5.92 Å². The first-order valence-corrected chi connectivity index (χ1v) is 9.57. The Morgan fingerprint density at radius 2 is 2.00 bits per heavy atom. The van der Waals surface area contributed by atoms with Crippen molar-refractivity contribution in [3.8, 4) is 0 Å². The van der Waals surface area contributed by atoms with Gasteiger partial charge in [-0.25, -0.2) is 4.98 Å². The molecule has 7 heteroatoms. The molecule has 2 aromatic rings. The molecule has 1 aliphatic carbocycles. The van der Waals surface area contributed by atoms with E-state index in [4.69, 9.17) is 0 Å². The summed E-state index contributed by atoms with van der Waals surface area (Å²) >= 11 is 1.68. The molecule has 1 saturated heterocycles. The number of piperidine rings is 1. The van der Waals surface area contributed by atoms with Gasteiger partial charge in [-0.1, -0.05) is 0 Å². The minimum absolute atomic E-state index is 0.110. The average Bonchev–Trinajstić information content (AvgIpc) is 3.34. The van der Waals surface area contributed by atoms with Gasteiger partial charge in [-0.3, -0.25) is 14.3 Å². The summed E-state index contributed by atoms with van der Waals surface area (Å²) in [5, 5.41) is 10.4. The lowest BCUT2D eigenvalue weighted by molar-refractivity contribution is 0.166. The van der Waals surface area contributed by atoms with E-state index in [-0.39, 0.29) is 5.56 Å². The molecule has 0 amide bonds. The number of aryl methyl sites for hydroxylation is 1. The molecule has 24 heavy (non-hydrogen) atoms. The van der Waals surface area contributed by atoms with Gasteiger partial charge in [-0.15, -0.1) is 21.5 Å². The molecule has 0 bridgehead atoms. The van der Waals surface area contributed by atoms with Crippen LogP contribution < -0.4 is 5.56 Å². The minimum atomic E-state index is 0.110. The van der Waals surface area contributed by atoms with Crippen LogP contribution in [0.1, 0.15) is 47.3 Å². The van der Waals surface area contributed by atoms with E-state index >= 15 is 0 Å². The highest BCUT2D eigenvalue weighted by Gasteiger charge is 2.26. The molecule has 2 aromatic heterocycles. The zero-order valence-electron chi connectivity index (χ0n) is 14.0. The van der Waals surface area contributed by atoms with Crippen LogP contribution in [0, 0.1) is 12.8 Å². The highest BCUT2D eigenvalue weighted by atomic mass is 32.1. The van der Waals surface area contributed by atoms with Crippen LogP contribution in [-0.4, -0.2) is 37.7 Å². The van der Waals surface area contributed by atoms with E-state index < -0.39 is 0 Å². The molecular formula is C17H23N5OS. The summed E-state index contributed by atoms with van der Waals surface area (Å²) < 4.78 is 1.79. The molecule has 0 aromatic carbocycles. The van der Waals surface area contributed by atoms with Crippen LogP contribution in [0.15, 0.2) is 17.2 Å². The van der Waals surface area contributed by atoms with Crippen LogP contribution in [0.3, 0.4) is 0 Å². The molecule has 1 aliphatic heterocycles. The predicted molar refractivity (Wildman–Crippen MR) is 93.1 cm³/mol. The lowest BCUT2D eigenvalue weighted by Gasteiger charge is -2.31. The van der Waals surface area contributed by atoms with Crippen molar-refractivity contribution in [3.63, 3.8) is 0 Å². The Kier molecular flexibility index (Phi) is 4.45. The molecule has 2 fully saturated rings. The summed E-state index contributed by atoms with van der Waals surface area (Å²) in [6.45, 7) is 5.81. The Morgan fingerprint density at radius 1 is 1.21 bits per heavy atom. The van der Waals surface area contributed by atoms with Gasteiger partial charge in [0.2, 0.25) is 0 Å². The molecule has 3 heterocycles. The van der Waals surface area contributed by atoms with Crippen molar-refractivity contribution in [1.29, 1.82) is 0 Å². The van der Waals surface area contributed by atoms with Crippen molar-refractivity contribution in [3.05, 3.63) is 38.5 Å². The minimum Gasteiger partial charge on any atom is -0.299 e. The average molecular weight is 345 g/mol. The topological polar surface area (TPSA) is 63.9 Å². The Morgan fingerprint density at radius 3 is 2.62 bits per heavy atom. The van der Waals surface area contributed by atoms with Crippen molar-refractivity contribution >= 4 is 11.3 Å². The van der Waals surface area contributed by atoms with Crippen molar-refractivity contribution < 1.29 is 0 Å². The first-order valence-electron chi connectivity index (χ1n) is 8.75. The molecule has 2 aliphatic rings. The summed E-state index contributed by atoms with van der Waals surface area (Å²) in [6, 6.07) is 1.74. The monoisotopic (exact) mass is 345 g/mol. The summed E-state index contributed by atoms with van der Waals surface area (Å²) in [7, 11) is 0. The SMILES string of the molecule is Cc1nnc(CN2CCC(Cn3cnc(C4CC4)cc3=O)CC2)s1. The van der Waals surface area contributed by atoms with E-state index in [2.05, 4.69) is 20.1 Å². The fraction of sp³-hybridized carbons (Fsp3) is 0.647. The molecule has 0 spiro atoms. The number of aromatic nitrogens is 4. The smallest absolute Gasteiger partial charge is 0.253 e. The number of nitrogens with zero attached hydrogens (tertiary/aromatic N) is 5. The van der Waals surface area contributed by atoms with Gasteiger partial charge in [0.25, 0.3) is 5.56 Å². The van der Waals surface area contributed by atoms with Gasteiger partial charge in [0.1, 0.15) is 10.0 Å². The Balaban J connectivity index is 1.30. The number of rotatable bonds is 5. The van der Waals surface area contributed by atoms with Gasteiger partial charge in [0.05, 0.1) is 18.6 Å². The van der Waals surface area contributed by atoms with Crippen LogP contribution in [0.25, 0.3) is 0 Å². The first kappa shape index (κ1) is 15.9.